The number of amides is 2. The molecule has 7 heteroatoms. The highest BCUT2D eigenvalue weighted by molar-refractivity contribution is 6.37. The molecule has 0 radical (unpaired) electrons. The smallest absolute Gasteiger partial charge is 0.259 e. The third-order valence-corrected chi connectivity index (χ3v) is 3.83. The van der Waals surface area contributed by atoms with E-state index in [9.17, 15) is 9.59 Å². The van der Waals surface area contributed by atoms with Crippen molar-refractivity contribution < 1.29 is 14.3 Å². The Morgan fingerprint density at radius 2 is 1.90 bits per heavy atom. The minimum absolute atomic E-state index is 0.0291. The maximum absolute atomic E-state index is 12.5. The zero-order valence-corrected chi connectivity index (χ0v) is 12.7. The van der Waals surface area contributed by atoms with E-state index in [4.69, 9.17) is 27.9 Å². The average molecular weight is 317 g/mol. The van der Waals surface area contributed by atoms with Crippen LogP contribution in [0.3, 0.4) is 0 Å². The summed E-state index contributed by atoms with van der Waals surface area (Å²) in [6, 6.07) is 3.10. The third kappa shape index (κ3) is 2.69. The molecule has 2 rings (SSSR count). The van der Waals surface area contributed by atoms with Gasteiger partial charge in [0.25, 0.3) is 5.91 Å². The van der Waals surface area contributed by atoms with Gasteiger partial charge in [0.15, 0.2) is 5.75 Å². The summed E-state index contributed by atoms with van der Waals surface area (Å²) in [5.74, 6) is -0.229. The second-order valence-corrected chi connectivity index (χ2v) is 5.29. The van der Waals surface area contributed by atoms with Crippen LogP contribution in [0.1, 0.15) is 10.4 Å². The number of hydrogen-bond acceptors (Lipinski definition) is 3. The number of piperazine rings is 1. The van der Waals surface area contributed by atoms with Crippen LogP contribution in [-0.2, 0) is 4.79 Å². The summed E-state index contributed by atoms with van der Waals surface area (Å²) < 4.78 is 5.16. The first-order valence-corrected chi connectivity index (χ1v) is 6.76. The lowest BCUT2D eigenvalue weighted by Crippen LogP contribution is -2.50. The van der Waals surface area contributed by atoms with E-state index < -0.39 is 0 Å². The van der Waals surface area contributed by atoms with Crippen LogP contribution < -0.4 is 4.74 Å². The second kappa shape index (κ2) is 5.89. The van der Waals surface area contributed by atoms with Gasteiger partial charge in [-0.25, -0.2) is 0 Å². The molecule has 20 heavy (non-hydrogen) atoms. The Kier molecular flexibility index (Phi) is 4.40. The number of benzene rings is 1. The van der Waals surface area contributed by atoms with E-state index in [0.29, 0.717) is 18.1 Å². The molecule has 1 aliphatic heterocycles. The van der Waals surface area contributed by atoms with Gasteiger partial charge in [0.05, 0.1) is 17.2 Å². The Labute approximate surface area is 127 Å². The number of likely N-dealkylation sites (N-methyl/N-ethyl adjacent to an activating group) is 1. The molecule has 5 nitrogen and oxygen atoms in total. The Bertz CT molecular complexity index is 563. The van der Waals surface area contributed by atoms with Crippen LogP contribution in [-0.4, -0.2) is 55.4 Å². The van der Waals surface area contributed by atoms with Crippen molar-refractivity contribution in [1.82, 2.24) is 9.80 Å². The predicted octanol–water partition coefficient (Wildman–Crippen LogP) is 1.92. The maximum Gasteiger partial charge on any atom is 0.259 e. The third-order valence-electron chi connectivity index (χ3n) is 3.22. The minimum atomic E-state index is -0.351. The molecule has 0 bridgehead atoms. The summed E-state index contributed by atoms with van der Waals surface area (Å²) in [7, 11) is 3.13. The summed E-state index contributed by atoms with van der Waals surface area (Å²) in [6.07, 6.45) is 0. The summed E-state index contributed by atoms with van der Waals surface area (Å²) in [5, 5.41) is 0.559. The molecular weight excluding hydrogens is 303 g/mol. The van der Waals surface area contributed by atoms with Crippen LogP contribution in [0.25, 0.3) is 0 Å². The Hall–Kier alpha value is -1.46. The van der Waals surface area contributed by atoms with E-state index in [0.717, 1.165) is 0 Å². The number of carbonyl (C=O) groups is 2. The second-order valence-electron chi connectivity index (χ2n) is 4.48. The first-order valence-electron chi connectivity index (χ1n) is 6.01. The molecule has 1 aromatic rings. The van der Waals surface area contributed by atoms with Crippen molar-refractivity contribution in [1.29, 1.82) is 0 Å². The van der Waals surface area contributed by atoms with Gasteiger partial charge in [-0.05, 0) is 12.1 Å². The number of ether oxygens (including phenoxy) is 1. The zero-order valence-electron chi connectivity index (χ0n) is 11.2. The van der Waals surface area contributed by atoms with Crippen molar-refractivity contribution in [2.24, 2.45) is 0 Å². The van der Waals surface area contributed by atoms with E-state index in [-0.39, 0.29) is 34.7 Å². The normalized spacial score (nSPS) is 15.5. The molecule has 0 spiro atoms. The van der Waals surface area contributed by atoms with Gasteiger partial charge in [0.2, 0.25) is 5.91 Å². The molecule has 1 fully saturated rings. The minimum Gasteiger partial charge on any atom is -0.494 e. The molecule has 0 atom stereocenters. The topological polar surface area (TPSA) is 49.9 Å². The van der Waals surface area contributed by atoms with Gasteiger partial charge < -0.3 is 14.5 Å². The highest BCUT2D eigenvalue weighted by Gasteiger charge is 2.29. The monoisotopic (exact) mass is 316 g/mol. The maximum atomic E-state index is 12.5. The number of hydrogen-bond donors (Lipinski definition) is 0. The van der Waals surface area contributed by atoms with Crippen LogP contribution >= 0.6 is 23.2 Å². The average Bonchev–Trinajstić information content (AvgIpc) is 2.43. The molecule has 2 amide bonds. The van der Waals surface area contributed by atoms with Crippen LogP contribution in [0.2, 0.25) is 10.0 Å². The molecule has 0 unspecified atom stereocenters. The molecule has 1 heterocycles. The summed E-state index contributed by atoms with van der Waals surface area (Å²) in [4.78, 5) is 27.3. The van der Waals surface area contributed by atoms with E-state index in [2.05, 4.69) is 0 Å². The molecule has 0 aromatic heterocycles. The molecule has 108 valence electrons. The van der Waals surface area contributed by atoms with E-state index in [1.807, 2.05) is 0 Å². The van der Waals surface area contributed by atoms with Gasteiger partial charge in [-0.1, -0.05) is 23.2 Å². The fourth-order valence-corrected chi connectivity index (χ4v) is 2.49. The number of halogens is 2. The molecule has 1 saturated heterocycles. The number of nitrogens with zero attached hydrogens (tertiary/aromatic N) is 2. The Morgan fingerprint density at radius 1 is 1.25 bits per heavy atom. The van der Waals surface area contributed by atoms with Crippen molar-refractivity contribution >= 4 is 35.0 Å². The van der Waals surface area contributed by atoms with Gasteiger partial charge >= 0.3 is 0 Å². The predicted molar refractivity (Wildman–Crippen MR) is 76.6 cm³/mol. The van der Waals surface area contributed by atoms with E-state index >= 15 is 0 Å². The molecular formula is C13H14Cl2N2O3. The number of methoxy groups -OCH3 is 1. The molecule has 1 aliphatic rings. The zero-order chi connectivity index (χ0) is 14.9. The van der Waals surface area contributed by atoms with Crippen LogP contribution in [0.4, 0.5) is 0 Å². The van der Waals surface area contributed by atoms with Crippen molar-refractivity contribution in [3.8, 4) is 5.75 Å². The molecule has 0 N–H and O–H groups in total. The van der Waals surface area contributed by atoms with Crippen LogP contribution in [0.15, 0.2) is 12.1 Å². The summed E-state index contributed by atoms with van der Waals surface area (Å²) in [6.45, 7) is 0.972. The lowest BCUT2D eigenvalue weighted by Gasteiger charge is -2.32. The standard InChI is InChI=1S/C13H14Cl2N2O3/c1-16-5-6-17(7-10(16)18)13(19)11-8(14)3-4-9(15)12(11)20-2/h3-4H,5-7H2,1-2H3. The van der Waals surface area contributed by atoms with E-state index in [1.54, 1.807) is 18.0 Å². The van der Waals surface area contributed by atoms with Gasteiger partial charge in [0.1, 0.15) is 12.1 Å². The van der Waals surface area contributed by atoms with Gasteiger partial charge in [-0.2, -0.15) is 0 Å². The van der Waals surface area contributed by atoms with E-state index in [1.165, 1.54) is 18.1 Å². The summed E-state index contributed by atoms with van der Waals surface area (Å²) >= 11 is 12.1. The fourth-order valence-electron chi connectivity index (χ4n) is 2.02. The van der Waals surface area contributed by atoms with Crippen LogP contribution in [0.5, 0.6) is 5.75 Å². The highest BCUT2D eigenvalue weighted by atomic mass is 35.5. The van der Waals surface area contributed by atoms with Crippen molar-refractivity contribution in [2.45, 2.75) is 0 Å². The number of rotatable bonds is 2. The summed E-state index contributed by atoms with van der Waals surface area (Å²) in [5.41, 5.74) is 0.194. The van der Waals surface area contributed by atoms with Crippen molar-refractivity contribution in [3.63, 3.8) is 0 Å². The Morgan fingerprint density at radius 3 is 2.50 bits per heavy atom. The first kappa shape index (κ1) is 14.9. The lowest BCUT2D eigenvalue weighted by atomic mass is 10.1. The number of carbonyl (C=O) groups excluding carboxylic acids is 2. The van der Waals surface area contributed by atoms with Gasteiger partial charge in [0, 0.05) is 20.1 Å². The fraction of sp³-hybridized carbons (Fsp3) is 0.385. The van der Waals surface area contributed by atoms with Crippen LogP contribution in [0, 0.1) is 0 Å². The molecule has 0 aliphatic carbocycles. The quantitative estimate of drug-likeness (QED) is 0.837. The Balaban J connectivity index is 2.34. The van der Waals surface area contributed by atoms with Crippen molar-refractivity contribution in [3.05, 3.63) is 27.7 Å². The first-order chi connectivity index (χ1) is 9.45. The largest absolute Gasteiger partial charge is 0.494 e. The lowest BCUT2D eigenvalue weighted by molar-refractivity contribution is -0.133. The highest BCUT2D eigenvalue weighted by Crippen LogP contribution is 2.34. The van der Waals surface area contributed by atoms with Gasteiger partial charge in [-0.3, -0.25) is 9.59 Å². The van der Waals surface area contributed by atoms with Crippen molar-refractivity contribution in [2.75, 3.05) is 33.8 Å². The van der Waals surface area contributed by atoms with Gasteiger partial charge in [-0.15, -0.1) is 0 Å². The molecule has 1 aromatic carbocycles. The molecule has 0 saturated carbocycles. The SMILES string of the molecule is COc1c(Cl)ccc(Cl)c1C(=O)N1CCN(C)C(=O)C1.